The van der Waals surface area contributed by atoms with Crippen LogP contribution in [-0.4, -0.2) is 38.2 Å². The summed E-state index contributed by atoms with van der Waals surface area (Å²) in [5, 5.41) is 4.24. The number of benzene rings is 1. The van der Waals surface area contributed by atoms with Crippen molar-refractivity contribution in [2.45, 2.75) is 25.9 Å². The number of hydrogen-bond acceptors (Lipinski definition) is 4. The number of pyridine rings is 1. The average Bonchev–Trinajstić information content (AvgIpc) is 3.17. The third-order valence-electron chi connectivity index (χ3n) is 5.29. The number of carbonyl (C=O) groups is 1. The smallest absolute Gasteiger partial charge is 0.256 e. The first kappa shape index (κ1) is 19.2. The maximum Gasteiger partial charge on any atom is 0.256 e. The molecule has 0 saturated carbocycles. The summed E-state index contributed by atoms with van der Waals surface area (Å²) in [4.78, 5) is 19.0. The van der Waals surface area contributed by atoms with Gasteiger partial charge in [-0.05, 0) is 48.2 Å². The summed E-state index contributed by atoms with van der Waals surface area (Å²) < 4.78 is 28.8. The molecule has 1 aromatic carbocycles. The minimum absolute atomic E-state index is 0.173. The highest BCUT2D eigenvalue weighted by Crippen LogP contribution is 2.29. The Morgan fingerprint density at radius 3 is 2.52 bits per heavy atom. The zero-order valence-corrected chi connectivity index (χ0v) is 16.2. The van der Waals surface area contributed by atoms with Gasteiger partial charge >= 0.3 is 0 Å². The van der Waals surface area contributed by atoms with E-state index in [0.29, 0.717) is 17.7 Å². The molecule has 8 heteroatoms. The molecule has 6 nitrogen and oxygen atoms in total. The molecular formula is C21H21F2N5O. The predicted octanol–water partition coefficient (Wildman–Crippen LogP) is 2.59. The van der Waals surface area contributed by atoms with E-state index in [0.717, 1.165) is 28.6 Å². The molecule has 0 unspecified atom stereocenters. The van der Waals surface area contributed by atoms with Gasteiger partial charge in [-0.15, -0.1) is 0 Å². The molecule has 4 rings (SSSR count). The van der Waals surface area contributed by atoms with Crippen LogP contribution in [0.25, 0.3) is 11.4 Å². The van der Waals surface area contributed by atoms with Crippen LogP contribution in [-0.2, 0) is 20.0 Å². The van der Waals surface area contributed by atoms with E-state index in [1.165, 1.54) is 12.1 Å². The fraction of sp³-hybridized carbons (Fsp3) is 0.286. The summed E-state index contributed by atoms with van der Waals surface area (Å²) in [6.45, 7) is 2.51. The Hall–Kier alpha value is -3.13. The highest BCUT2D eigenvalue weighted by atomic mass is 19.1. The van der Waals surface area contributed by atoms with E-state index in [-0.39, 0.29) is 24.9 Å². The molecule has 1 atom stereocenters. The first-order valence-electron chi connectivity index (χ1n) is 9.31. The quantitative estimate of drug-likeness (QED) is 0.718. The van der Waals surface area contributed by atoms with Crippen LogP contribution in [0.1, 0.15) is 27.0 Å². The van der Waals surface area contributed by atoms with Gasteiger partial charge in [0.25, 0.3) is 5.91 Å². The first-order chi connectivity index (χ1) is 13.9. The maximum absolute atomic E-state index is 13.5. The zero-order chi connectivity index (χ0) is 20.7. The summed E-state index contributed by atoms with van der Waals surface area (Å²) >= 11 is 0. The number of nitrogens with two attached hydrogens (primary N) is 1. The van der Waals surface area contributed by atoms with Crippen molar-refractivity contribution < 1.29 is 13.6 Å². The van der Waals surface area contributed by atoms with Crippen molar-refractivity contribution in [3.63, 3.8) is 0 Å². The number of aryl methyl sites for hydroxylation is 2. The number of aromatic nitrogens is 3. The van der Waals surface area contributed by atoms with Gasteiger partial charge in [0.1, 0.15) is 11.6 Å². The maximum atomic E-state index is 13.5. The third kappa shape index (κ3) is 3.51. The molecule has 29 heavy (non-hydrogen) atoms. The number of fused-ring (bicyclic) bond motifs is 1. The van der Waals surface area contributed by atoms with Crippen molar-refractivity contribution in [3.05, 3.63) is 70.5 Å². The van der Waals surface area contributed by atoms with Crippen molar-refractivity contribution in [3.8, 4) is 11.4 Å². The van der Waals surface area contributed by atoms with Crippen LogP contribution in [0.3, 0.4) is 0 Å². The van der Waals surface area contributed by atoms with Crippen LogP contribution >= 0.6 is 0 Å². The van der Waals surface area contributed by atoms with Gasteiger partial charge in [0.05, 0.1) is 23.1 Å². The summed E-state index contributed by atoms with van der Waals surface area (Å²) in [7, 11) is 1.84. The van der Waals surface area contributed by atoms with Crippen LogP contribution in [0.5, 0.6) is 0 Å². The molecule has 0 aliphatic carbocycles. The third-order valence-corrected chi connectivity index (χ3v) is 5.29. The van der Waals surface area contributed by atoms with Crippen molar-refractivity contribution in [1.82, 2.24) is 19.7 Å². The minimum Gasteiger partial charge on any atom is -0.330 e. The van der Waals surface area contributed by atoms with Gasteiger partial charge < -0.3 is 10.6 Å². The van der Waals surface area contributed by atoms with Gasteiger partial charge in [0.15, 0.2) is 0 Å². The van der Waals surface area contributed by atoms with Gasteiger partial charge in [0, 0.05) is 38.4 Å². The average molecular weight is 397 g/mol. The van der Waals surface area contributed by atoms with Crippen LogP contribution in [0.2, 0.25) is 0 Å². The molecular weight excluding hydrogens is 376 g/mol. The number of hydrogen-bond donors (Lipinski definition) is 1. The predicted molar refractivity (Wildman–Crippen MR) is 104 cm³/mol. The number of rotatable bonds is 5. The van der Waals surface area contributed by atoms with Crippen molar-refractivity contribution >= 4 is 5.91 Å². The highest BCUT2D eigenvalue weighted by molar-refractivity contribution is 5.98. The molecule has 150 valence electrons. The number of carbonyl (C=O) groups excluding carboxylic acids is 1. The monoisotopic (exact) mass is 397 g/mol. The standard InChI is InChI=1S/C21H21F2N5O/c1-12-9-26-27(2)20(12)19-6-14-11-28(21(29)18(14)10-25-19)17(8-24)5-13-3-15(22)7-16(23)4-13/h3-4,6-7,9-10,17H,5,8,11,24H2,1-2H3/t17-/m0/s1. The van der Waals surface area contributed by atoms with Gasteiger partial charge in [-0.2, -0.15) is 5.10 Å². The SMILES string of the molecule is Cc1cnn(C)c1-c1cc2c(cn1)C(=O)N([C@H](CN)Cc1cc(F)cc(F)c1)C2. The van der Waals surface area contributed by atoms with Gasteiger partial charge in [-0.1, -0.05) is 0 Å². The molecule has 1 aliphatic heterocycles. The number of nitrogens with zero attached hydrogens (tertiary/aromatic N) is 4. The number of amides is 1. The lowest BCUT2D eigenvalue weighted by Crippen LogP contribution is -2.42. The second-order valence-electron chi connectivity index (χ2n) is 7.33. The van der Waals surface area contributed by atoms with Crippen LogP contribution in [0, 0.1) is 18.6 Å². The van der Waals surface area contributed by atoms with Crippen LogP contribution in [0.15, 0.2) is 36.7 Å². The Bertz CT molecular complexity index is 1050. The van der Waals surface area contributed by atoms with Gasteiger partial charge in [0.2, 0.25) is 0 Å². The van der Waals surface area contributed by atoms with E-state index in [2.05, 4.69) is 10.1 Å². The molecule has 0 saturated heterocycles. The Kier molecular flexibility index (Phi) is 4.87. The summed E-state index contributed by atoms with van der Waals surface area (Å²) in [5.74, 6) is -1.47. The van der Waals surface area contributed by atoms with Crippen molar-refractivity contribution in [2.24, 2.45) is 12.8 Å². The van der Waals surface area contributed by atoms with E-state index >= 15 is 0 Å². The zero-order valence-electron chi connectivity index (χ0n) is 16.2. The highest BCUT2D eigenvalue weighted by Gasteiger charge is 2.33. The molecule has 0 radical (unpaired) electrons. The largest absolute Gasteiger partial charge is 0.330 e. The van der Waals surface area contributed by atoms with Gasteiger partial charge in [-0.25, -0.2) is 8.78 Å². The lowest BCUT2D eigenvalue weighted by Gasteiger charge is -2.26. The van der Waals surface area contributed by atoms with E-state index in [9.17, 15) is 13.6 Å². The summed E-state index contributed by atoms with van der Waals surface area (Å²) in [6, 6.07) is 4.88. The first-order valence-corrected chi connectivity index (χ1v) is 9.31. The molecule has 3 heterocycles. The topological polar surface area (TPSA) is 77.0 Å². The summed E-state index contributed by atoms with van der Waals surface area (Å²) in [5.41, 5.74) is 10.4. The molecule has 0 fully saturated rings. The lowest BCUT2D eigenvalue weighted by molar-refractivity contribution is 0.0708. The van der Waals surface area contributed by atoms with Crippen molar-refractivity contribution in [1.29, 1.82) is 0 Å². The minimum atomic E-state index is -0.646. The normalized spacial score (nSPS) is 14.4. The second kappa shape index (κ2) is 7.36. The molecule has 1 aliphatic rings. The Morgan fingerprint density at radius 1 is 1.17 bits per heavy atom. The van der Waals surface area contributed by atoms with Crippen LogP contribution < -0.4 is 5.73 Å². The van der Waals surface area contributed by atoms with E-state index in [4.69, 9.17) is 5.73 Å². The van der Waals surface area contributed by atoms with E-state index < -0.39 is 11.6 Å². The molecule has 3 aromatic rings. The van der Waals surface area contributed by atoms with Crippen LogP contribution in [0.4, 0.5) is 8.78 Å². The Balaban J connectivity index is 1.61. The second-order valence-corrected chi connectivity index (χ2v) is 7.33. The fourth-order valence-corrected chi connectivity index (χ4v) is 3.89. The molecule has 1 amide bonds. The molecule has 0 spiro atoms. The molecule has 2 N–H and O–H groups in total. The number of halogens is 2. The Labute approximate surface area is 167 Å². The summed E-state index contributed by atoms with van der Waals surface area (Å²) in [6.07, 6.45) is 3.62. The lowest BCUT2D eigenvalue weighted by atomic mass is 10.0. The van der Waals surface area contributed by atoms with E-state index in [1.54, 1.807) is 22.0 Å². The van der Waals surface area contributed by atoms with Gasteiger partial charge in [-0.3, -0.25) is 14.5 Å². The Morgan fingerprint density at radius 2 is 1.90 bits per heavy atom. The van der Waals surface area contributed by atoms with Crippen molar-refractivity contribution in [2.75, 3.05) is 6.54 Å². The molecule has 0 bridgehead atoms. The fourth-order valence-electron chi connectivity index (χ4n) is 3.89. The molecule has 2 aromatic heterocycles. The van der Waals surface area contributed by atoms with E-state index in [1.807, 2.05) is 20.0 Å².